The topological polar surface area (TPSA) is 58.4 Å². The lowest BCUT2D eigenvalue weighted by Gasteiger charge is -2.28. The van der Waals surface area contributed by atoms with Crippen molar-refractivity contribution in [2.75, 3.05) is 19.6 Å². The van der Waals surface area contributed by atoms with Gasteiger partial charge in [0, 0.05) is 43.0 Å². The van der Waals surface area contributed by atoms with Gasteiger partial charge in [0.1, 0.15) is 0 Å². The van der Waals surface area contributed by atoms with Gasteiger partial charge in [0.25, 0.3) is 0 Å². The number of fused-ring (bicyclic) bond motifs is 1. The van der Waals surface area contributed by atoms with Crippen LogP contribution in [-0.2, 0) is 17.8 Å². The highest BCUT2D eigenvalue weighted by atomic mass is 32.1. The number of carbonyl (C=O) groups excluding carboxylic acids is 1. The van der Waals surface area contributed by atoms with E-state index >= 15 is 0 Å². The maximum absolute atomic E-state index is 12.2. The van der Waals surface area contributed by atoms with E-state index in [1.54, 1.807) is 0 Å². The minimum Gasteiger partial charge on any atom is -0.355 e. The molecule has 1 saturated carbocycles. The van der Waals surface area contributed by atoms with E-state index in [2.05, 4.69) is 21.7 Å². The lowest BCUT2D eigenvalue weighted by atomic mass is 9.85. The zero-order valence-electron chi connectivity index (χ0n) is 12.5. The third-order valence-electron chi connectivity index (χ3n) is 4.70. The van der Waals surface area contributed by atoms with Gasteiger partial charge in [0.05, 0.1) is 0 Å². The zero-order valence-corrected chi connectivity index (χ0v) is 13.3. The number of nitrogens with zero attached hydrogens (tertiary/aromatic N) is 1. The molecule has 2 unspecified atom stereocenters. The molecule has 116 valence electrons. The Kier molecular flexibility index (Phi) is 4.93. The van der Waals surface area contributed by atoms with Crippen LogP contribution in [0.1, 0.15) is 36.1 Å². The quantitative estimate of drug-likeness (QED) is 0.891. The summed E-state index contributed by atoms with van der Waals surface area (Å²) in [5.74, 6) is 0.344. The van der Waals surface area contributed by atoms with E-state index in [1.807, 2.05) is 11.3 Å². The predicted molar refractivity (Wildman–Crippen MR) is 86.2 cm³/mol. The summed E-state index contributed by atoms with van der Waals surface area (Å²) in [6.45, 7) is 3.84. The van der Waals surface area contributed by atoms with Crippen LogP contribution in [0.3, 0.4) is 0 Å². The van der Waals surface area contributed by atoms with Gasteiger partial charge in [-0.25, -0.2) is 0 Å². The van der Waals surface area contributed by atoms with Crippen LogP contribution in [0, 0.1) is 5.92 Å². The van der Waals surface area contributed by atoms with Crippen LogP contribution in [-0.4, -0.2) is 36.5 Å². The number of hydrogen-bond acceptors (Lipinski definition) is 4. The Morgan fingerprint density at radius 2 is 2.38 bits per heavy atom. The molecule has 4 nitrogen and oxygen atoms in total. The van der Waals surface area contributed by atoms with Crippen molar-refractivity contribution in [1.29, 1.82) is 0 Å². The van der Waals surface area contributed by atoms with Crippen molar-refractivity contribution in [3.8, 4) is 0 Å². The van der Waals surface area contributed by atoms with Gasteiger partial charge in [-0.05, 0) is 42.7 Å². The van der Waals surface area contributed by atoms with Crippen molar-refractivity contribution in [3.63, 3.8) is 0 Å². The van der Waals surface area contributed by atoms with Crippen LogP contribution in [0.15, 0.2) is 11.4 Å². The van der Waals surface area contributed by atoms with Crippen molar-refractivity contribution < 1.29 is 4.79 Å². The van der Waals surface area contributed by atoms with E-state index in [1.165, 1.54) is 10.4 Å². The molecule has 0 bridgehead atoms. The van der Waals surface area contributed by atoms with Gasteiger partial charge >= 0.3 is 0 Å². The van der Waals surface area contributed by atoms with Crippen LogP contribution in [0.25, 0.3) is 0 Å². The van der Waals surface area contributed by atoms with Gasteiger partial charge in [-0.3, -0.25) is 9.69 Å². The normalized spacial score (nSPS) is 26.3. The fraction of sp³-hybridized carbons (Fsp3) is 0.688. The molecule has 2 atom stereocenters. The van der Waals surface area contributed by atoms with E-state index in [0.717, 1.165) is 58.3 Å². The Hall–Kier alpha value is -0.910. The van der Waals surface area contributed by atoms with E-state index in [4.69, 9.17) is 5.73 Å². The molecule has 1 aliphatic heterocycles. The molecule has 1 fully saturated rings. The number of nitrogens with two attached hydrogens (primary N) is 1. The maximum Gasteiger partial charge on any atom is 0.223 e. The largest absolute Gasteiger partial charge is 0.355 e. The predicted octanol–water partition coefficient (Wildman–Crippen LogP) is 1.74. The molecule has 1 aromatic heterocycles. The van der Waals surface area contributed by atoms with E-state index in [0.29, 0.717) is 0 Å². The molecule has 1 amide bonds. The number of amides is 1. The van der Waals surface area contributed by atoms with Crippen molar-refractivity contribution >= 4 is 17.2 Å². The van der Waals surface area contributed by atoms with Crippen molar-refractivity contribution in [2.24, 2.45) is 11.7 Å². The van der Waals surface area contributed by atoms with Crippen molar-refractivity contribution in [2.45, 2.75) is 44.7 Å². The Morgan fingerprint density at radius 3 is 3.24 bits per heavy atom. The highest BCUT2D eigenvalue weighted by Gasteiger charge is 2.25. The number of rotatable bonds is 4. The molecule has 0 saturated heterocycles. The number of carbonyl (C=O) groups is 1. The van der Waals surface area contributed by atoms with E-state index in [-0.39, 0.29) is 17.9 Å². The summed E-state index contributed by atoms with van der Waals surface area (Å²) in [7, 11) is 0. The first kappa shape index (κ1) is 15.0. The lowest BCUT2D eigenvalue weighted by Crippen LogP contribution is -2.41. The number of hydrogen-bond donors (Lipinski definition) is 2. The fourth-order valence-electron chi connectivity index (χ4n) is 3.45. The van der Waals surface area contributed by atoms with Crippen LogP contribution < -0.4 is 11.1 Å². The Morgan fingerprint density at radius 1 is 1.48 bits per heavy atom. The minimum absolute atomic E-state index is 0.138. The monoisotopic (exact) mass is 307 g/mol. The first-order valence-electron chi connectivity index (χ1n) is 8.03. The molecule has 0 aromatic carbocycles. The summed E-state index contributed by atoms with van der Waals surface area (Å²) in [5.41, 5.74) is 7.42. The summed E-state index contributed by atoms with van der Waals surface area (Å²) in [6, 6.07) is 2.45. The molecular formula is C16H25N3OS. The minimum atomic E-state index is 0.138. The Labute approximate surface area is 130 Å². The summed E-state index contributed by atoms with van der Waals surface area (Å²) in [6.07, 6.45) is 5.17. The second-order valence-electron chi connectivity index (χ2n) is 6.31. The molecule has 5 heteroatoms. The zero-order chi connectivity index (χ0) is 14.7. The highest BCUT2D eigenvalue weighted by Crippen LogP contribution is 2.24. The lowest BCUT2D eigenvalue weighted by molar-refractivity contribution is -0.126. The van der Waals surface area contributed by atoms with Gasteiger partial charge < -0.3 is 11.1 Å². The third-order valence-corrected chi connectivity index (χ3v) is 5.72. The molecule has 0 radical (unpaired) electrons. The molecular weight excluding hydrogens is 282 g/mol. The SMILES string of the molecule is NC1CCCC(C(=O)NCCN2CCc3sccc3C2)C1. The summed E-state index contributed by atoms with van der Waals surface area (Å²) >= 11 is 1.87. The first-order valence-corrected chi connectivity index (χ1v) is 8.91. The fourth-order valence-corrected chi connectivity index (χ4v) is 4.33. The summed E-state index contributed by atoms with van der Waals surface area (Å²) in [5, 5.41) is 5.29. The molecule has 2 aliphatic rings. The standard InChI is InChI=1S/C16H25N3OS/c17-14-3-1-2-12(10-14)16(20)18-6-8-19-7-4-15-13(11-19)5-9-21-15/h5,9,12,14H,1-4,6-8,10-11,17H2,(H,18,20). The smallest absolute Gasteiger partial charge is 0.223 e. The van der Waals surface area contributed by atoms with E-state index < -0.39 is 0 Å². The van der Waals surface area contributed by atoms with Crippen LogP contribution in [0.5, 0.6) is 0 Å². The van der Waals surface area contributed by atoms with Crippen LogP contribution >= 0.6 is 11.3 Å². The van der Waals surface area contributed by atoms with Crippen molar-refractivity contribution in [3.05, 3.63) is 21.9 Å². The second kappa shape index (κ2) is 6.90. The maximum atomic E-state index is 12.2. The average molecular weight is 307 g/mol. The Bertz CT molecular complexity index is 488. The molecule has 0 spiro atoms. The van der Waals surface area contributed by atoms with Crippen LogP contribution in [0.4, 0.5) is 0 Å². The van der Waals surface area contributed by atoms with Crippen LogP contribution in [0.2, 0.25) is 0 Å². The highest BCUT2D eigenvalue weighted by molar-refractivity contribution is 7.10. The molecule has 1 aliphatic carbocycles. The van der Waals surface area contributed by atoms with Gasteiger partial charge in [-0.15, -0.1) is 11.3 Å². The van der Waals surface area contributed by atoms with Gasteiger partial charge in [-0.2, -0.15) is 0 Å². The van der Waals surface area contributed by atoms with Crippen molar-refractivity contribution in [1.82, 2.24) is 10.2 Å². The second-order valence-corrected chi connectivity index (χ2v) is 7.31. The molecule has 1 aromatic rings. The molecule has 21 heavy (non-hydrogen) atoms. The van der Waals surface area contributed by atoms with Gasteiger partial charge in [0.15, 0.2) is 0 Å². The third kappa shape index (κ3) is 3.84. The number of nitrogens with one attached hydrogen (secondary N) is 1. The van der Waals surface area contributed by atoms with Gasteiger partial charge in [0.2, 0.25) is 5.91 Å². The summed E-state index contributed by atoms with van der Waals surface area (Å²) in [4.78, 5) is 16.1. The Balaban J connectivity index is 1.39. The molecule has 3 N–H and O–H groups in total. The van der Waals surface area contributed by atoms with E-state index in [9.17, 15) is 4.79 Å². The molecule has 2 heterocycles. The molecule has 3 rings (SSSR count). The number of thiophene rings is 1. The first-order chi connectivity index (χ1) is 10.2. The summed E-state index contributed by atoms with van der Waals surface area (Å²) < 4.78 is 0. The van der Waals surface area contributed by atoms with Gasteiger partial charge in [-0.1, -0.05) is 6.42 Å². The average Bonchev–Trinajstić information content (AvgIpc) is 2.94.